The summed E-state index contributed by atoms with van der Waals surface area (Å²) in [4.78, 5) is 0. The van der Waals surface area contributed by atoms with Gasteiger partial charge >= 0.3 is 0 Å². The van der Waals surface area contributed by atoms with E-state index in [2.05, 4.69) is 6.58 Å². The smallest absolute Gasteiger partial charge is 0.161 e. The number of anilines is 1. The quantitative estimate of drug-likeness (QED) is 0.247. The van der Waals surface area contributed by atoms with Gasteiger partial charge in [0.2, 0.25) is 0 Å². The summed E-state index contributed by atoms with van der Waals surface area (Å²) in [7, 11) is 0. The van der Waals surface area contributed by atoms with Gasteiger partial charge in [0.1, 0.15) is 11.6 Å². The zero-order chi connectivity index (χ0) is 18.0. The molecule has 2 rings (SSSR count). The lowest BCUT2D eigenvalue weighted by Crippen LogP contribution is -1.93. The minimum absolute atomic E-state index is 0.115. The van der Waals surface area contributed by atoms with Gasteiger partial charge in [-0.2, -0.15) is 3.89 Å². The summed E-state index contributed by atoms with van der Waals surface area (Å²) in [5, 5.41) is 0. The van der Waals surface area contributed by atoms with Crippen molar-refractivity contribution in [2.24, 2.45) is 0 Å². The molecule has 2 N–H and O–H groups in total. The molecule has 0 bridgehead atoms. The van der Waals surface area contributed by atoms with Crippen molar-refractivity contribution in [3.8, 4) is 0 Å². The Morgan fingerprint density at radius 1 is 0.957 bits per heavy atom. The van der Waals surface area contributed by atoms with Crippen LogP contribution in [0.15, 0.2) is 43.0 Å². The molecule has 0 heterocycles. The number of hydrogen-bond donors (Lipinski definition) is 2. The Balaban J connectivity index is 0.000000392. The Morgan fingerprint density at radius 2 is 1.52 bits per heavy atom. The Hall–Kier alpha value is -2.02. The maximum atomic E-state index is 12.8. The van der Waals surface area contributed by atoms with Gasteiger partial charge in [-0.1, -0.05) is 12.1 Å². The molecule has 7 heteroatoms. The number of benzene rings is 2. The molecule has 0 saturated carbocycles. The average Bonchev–Trinajstić information content (AvgIpc) is 2.52. The zero-order valence-electron chi connectivity index (χ0n) is 12.3. The van der Waals surface area contributed by atoms with Gasteiger partial charge in [-0.05, 0) is 42.7 Å². The molecule has 0 unspecified atom stereocenters. The molecule has 0 aliphatic carbocycles. The number of hydrogen-bond acceptors (Lipinski definition) is 2. The summed E-state index contributed by atoms with van der Waals surface area (Å²) in [6.45, 7) is 5.07. The molecule has 23 heavy (non-hydrogen) atoms. The first-order chi connectivity index (χ1) is 10.8. The number of allylic oxidation sites excluding steroid dienone is 1. The zero-order valence-corrected chi connectivity index (χ0v) is 13.2. The summed E-state index contributed by atoms with van der Waals surface area (Å²) in [5.41, 5.74) is 6.50. The van der Waals surface area contributed by atoms with Crippen molar-refractivity contribution in [3.63, 3.8) is 0 Å². The van der Waals surface area contributed by atoms with Gasteiger partial charge in [-0.15, -0.1) is 6.58 Å². The number of thiol groups is 1. The third-order valence-electron chi connectivity index (χ3n) is 2.65. The first-order valence-electron chi connectivity index (χ1n) is 6.28. The van der Waals surface area contributed by atoms with E-state index in [1.807, 2.05) is 13.0 Å². The molecule has 0 aliphatic rings. The predicted molar refractivity (Wildman–Crippen MR) is 85.9 cm³/mol. The van der Waals surface area contributed by atoms with E-state index < -0.39 is 17.5 Å². The Labute approximate surface area is 137 Å². The number of nitrogens with two attached hydrogens (primary N) is 1. The van der Waals surface area contributed by atoms with Crippen molar-refractivity contribution in [2.45, 2.75) is 13.3 Å². The highest BCUT2D eigenvalue weighted by atomic mass is 32.1. The van der Waals surface area contributed by atoms with Crippen molar-refractivity contribution < 1.29 is 21.4 Å². The van der Waals surface area contributed by atoms with E-state index in [4.69, 9.17) is 5.73 Å². The van der Waals surface area contributed by atoms with Crippen LogP contribution >= 0.6 is 13.0 Å². The molecular weight excluding hydrogens is 333 g/mol. The first-order valence-corrected chi connectivity index (χ1v) is 6.61. The fraction of sp³-hybridized carbons (Fsp3) is 0.125. The van der Waals surface area contributed by atoms with Crippen LogP contribution in [0.4, 0.5) is 27.1 Å². The summed E-state index contributed by atoms with van der Waals surface area (Å²) in [6.07, 6.45) is 1.62. The van der Waals surface area contributed by atoms with Gasteiger partial charge < -0.3 is 5.73 Å². The van der Waals surface area contributed by atoms with E-state index in [-0.39, 0.29) is 17.8 Å². The van der Waals surface area contributed by atoms with E-state index in [9.17, 15) is 21.4 Å². The molecule has 0 aliphatic heterocycles. The highest BCUT2D eigenvalue weighted by Gasteiger charge is 2.07. The molecule has 2 aromatic rings. The van der Waals surface area contributed by atoms with Gasteiger partial charge in [0, 0.05) is 24.8 Å². The lowest BCUT2D eigenvalue weighted by molar-refractivity contribution is 0.491. The Bertz CT molecular complexity index is 647. The van der Waals surface area contributed by atoms with Crippen molar-refractivity contribution in [1.82, 2.24) is 0 Å². The van der Waals surface area contributed by atoms with E-state index >= 15 is 0 Å². The van der Waals surface area contributed by atoms with Gasteiger partial charge in [0.15, 0.2) is 11.6 Å². The fourth-order valence-corrected chi connectivity index (χ4v) is 1.48. The van der Waals surface area contributed by atoms with Gasteiger partial charge in [0.05, 0.1) is 0 Å². The maximum Gasteiger partial charge on any atom is 0.161 e. The van der Waals surface area contributed by atoms with Gasteiger partial charge in [-0.3, -0.25) is 0 Å². The molecule has 0 spiro atoms. The number of aryl methyl sites for hydroxylation is 1. The standard InChI is InChI=1S/C9H7F3.C7H8FN.FHS/c1-2-3-6-4-8(11)9(12)5-7(6)10;1-5-2-3-6(9)4-7(5)8;1-2/h2,4-5H,1,3H2;2-4H,9H2,1H3;2H. The van der Waals surface area contributed by atoms with Gasteiger partial charge in [-0.25, -0.2) is 17.6 Å². The average molecular weight is 349 g/mol. The molecule has 2 aromatic carbocycles. The molecule has 1 nitrogen and oxygen atoms in total. The van der Waals surface area contributed by atoms with Crippen LogP contribution < -0.4 is 5.73 Å². The lowest BCUT2D eigenvalue weighted by Gasteiger charge is -1.99. The summed E-state index contributed by atoms with van der Waals surface area (Å²) in [6, 6.07) is 6.03. The Kier molecular flexibility index (Phi) is 9.73. The largest absolute Gasteiger partial charge is 0.399 e. The molecular formula is C16H16F5NS. The molecule has 0 atom stereocenters. The van der Waals surface area contributed by atoms with Crippen LogP contribution in [0.1, 0.15) is 11.1 Å². The predicted octanol–water partition coefficient (Wildman–Crippen LogP) is 5.35. The van der Waals surface area contributed by atoms with Crippen LogP contribution in [0.25, 0.3) is 0 Å². The minimum Gasteiger partial charge on any atom is -0.399 e. The van der Waals surface area contributed by atoms with Crippen molar-refractivity contribution in [2.75, 3.05) is 5.73 Å². The van der Waals surface area contributed by atoms with Crippen LogP contribution in [0.2, 0.25) is 0 Å². The van der Waals surface area contributed by atoms with Crippen LogP contribution in [0.3, 0.4) is 0 Å². The number of rotatable bonds is 2. The SMILES string of the molecule is C=CCc1cc(F)c(F)cc1F.Cc1ccc(N)cc1F.FS. The van der Waals surface area contributed by atoms with Crippen molar-refractivity contribution >= 4 is 18.7 Å². The molecule has 126 valence electrons. The molecule has 0 fully saturated rings. The van der Waals surface area contributed by atoms with E-state index in [1.54, 1.807) is 19.1 Å². The highest BCUT2D eigenvalue weighted by molar-refractivity contribution is 7.74. The fourth-order valence-electron chi connectivity index (χ4n) is 1.48. The topological polar surface area (TPSA) is 26.0 Å². The third kappa shape index (κ3) is 7.19. The second-order valence-electron chi connectivity index (χ2n) is 4.36. The monoisotopic (exact) mass is 349 g/mol. The number of halogens is 5. The van der Waals surface area contributed by atoms with Crippen LogP contribution in [0.5, 0.6) is 0 Å². The second kappa shape index (κ2) is 10.7. The van der Waals surface area contributed by atoms with Crippen LogP contribution in [-0.4, -0.2) is 0 Å². The summed E-state index contributed by atoms with van der Waals surface area (Å²) in [5.74, 6) is -3.18. The van der Waals surface area contributed by atoms with E-state index in [0.717, 1.165) is 6.07 Å². The first kappa shape index (κ1) is 21.0. The highest BCUT2D eigenvalue weighted by Crippen LogP contribution is 2.14. The second-order valence-corrected chi connectivity index (χ2v) is 4.36. The minimum atomic E-state index is -1.17. The van der Waals surface area contributed by atoms with Gasteiger partial charge in [0.25, 0.3) is 0 Å². The third-order valence-corrected chi connectivity index (χ3v) is 2.65. The number of nitrogen functional groups attached to an aromatic ring is 1. The van der Waals surface area contributed by atoms with Crippen molar-refractivity contribution in [3.05, 3.63) is 77.4 Å². The van der Waals surface area contributed by atoms with Crippen molar-refractivity contribution in [1.29, 1.82) is 0 Å². The van der Waals surface area contributed by atoms with E-state index in [0.29, 0.717) is 17.3 Å². The van der Waals surface area contributed by atoms with Crippen LogP contribution in [0, 0.1) is 30.2 Å². The lowest BCUT2D eigenvalue weighted by atomic mass is 10.1. The molecule has 0 amide bonds. The summed E-state index contributed by atoms with van der Waals surface area (Å²) >= 11 is 2.03. The summed E-state index contributed by atoms with van der Waals surface area (Å²) < 4.78 is 59.3. The maximum absolute atomic E-state index is 12.8. The van der Waals surface area contributed by atoms with E-state index in [1.165, 1.54) is 12.1 Å². The molecule has 0 radical (unpaired) electrons. The molecule has 0 saturated heterocycles. The normalized spacial score (nSPS) is 9.17. The molecule has 0 aromatic heterocycles. The van der Waals surface area contributed by atoms with Crippen LogP contribution in [-0.2, 0) is 6.42 Å². The Morgan fingerprint density at radius 3 is 2.00 bits per heavy atom.